The van der Waals surface area contributed by atoms with Crippen LogP contribution < -0.4 is 5.73 Å². The normalized spacial score (nSPS) is 10.1. The Morgan fingerprint density at radius 2 is 2.36 bits per heavy atom. The SMILES string of the molecule is Cc1ncc(CCN)c(Br)n1. The highest BCUT2D eigenvalue weighted by atomic mass is 79.9. The van der Waals surface area contributed by atoms with Gasteiger partial charge >= 0.3 is 0 Å². The lowest BCUT2D eigenvalue weighted by Gasteiger charge is -2.00. The highest BCUT2D eigenvalue weighted by Crippen LogP contribution is 2.12. The number of nitrogens with zero attached hydrogens (tertiary/aromatic N) is 2. The smallest absolute Gasteiger partial charge is 0.126 e. The van der Waals surface area contributed by atoms with Crippen molar-refractivity contribution < 1.29 is 0 Å². The summed E-state index contributed by atoms with van der Waals surface area (Å²) in [4.78, 5) is 8.20. The van der Waals surface area contributed by atoms with Crippen molar-refractivity contribution >= 4 is 15.9 Å². The van der Waals surface area contributed by atoms with Crippen LogP contribution in [0.5, 0.6) is 0 Å². The van der Waals surface area contributed by atoms with Gasteiger partial charge in [-0.3, -0.25) is 0 Å². The lowest BCUT2D eigenvalue weighted by Crippen LogP contribution is -2.05. The molecule has 0 fully saturated rings. The van der Waals surface area contributed by atoms with Gasteiger partial charge in [0.05, 0.1) is 0 Å². The topological polar surface area (TPSA) is 51.8 Å². The largest absolute Gasteiger partial charge is 0.330 e. The van der Waals surface area contributed by atoms with Gasteiger partial charge in [-0.1, -0.05) is 0 Å². The number of aryl methyl sites for hydroxylation is 1. The van der Waals surface area contributed by atoms with E-state index in [2.05, 4.69) is 25.9 Å². The summed E-state index contributed by atoms with van der Waals surface area (Å²) in [6.45, 7) is 2.49. The molecule has 0 spiro atoms. The molecular weight excluding hydrogens is 206 g/mol. The van der Waals surface area contributed by atoms with Gasteiger partial charge in [0.15, 0.2) is 0 Å². The van der Waals surface area contributed by atoms with Crippen LogP contribution in [0, 0.1) is 6.92 Å². The average molecular weight is 216 g/mol. The maximum atomic E-state index is 5.39. The Morgan fingerprint density at radius 1 is 1.64 bits per heavy atom. The van der Waals surface area contributed by atoms with Crippen LogP contribution in [-0.2, 0) is 6.42 Å². The van der Waals surface area contributed by atoms with E-state index >= 15 is 0 Å². The first-order chi connectivity index (χ1) is 5.24. The van der Waals surface area contributed by atoms with Crippen LogP contribution in [0.25, 0.3) is 0 Å². The molecule has 0 saturated heterocycles. The molecule has 0 aliphatic heterocycles. The molecule has 0 unspecified atom stereocenters. The Kier molecular flexibility index (Phi) is 2.96. The molecule has 0 atom stereocenters. The summed E-state index contributed by atoms with van der Waals surface area (Å²) < 4.78 is 0.857. The zero-order chi connectivity index (χ0) is 8.27. The predicted molar refractivity (Wildman–Crippen MR) is 47.2 cm³/mol. The molecule has 0 amide bonds. The van der Waals surface area contributed by atoms with Gasteiger partial charge < -0.3 is 5.73 Å². The number of halogens is 1. The van der Waals surface area contributed by atoms with E-state index in [1.54, 1.807) is 6.20 Å². The third-order valence-electron chi connectivity index (χ3n) is 1.35. The Bertz CT molecular complexity index is 249. The van der Waals surface area contributed by atoms with Crippen LogP contribution in [0.4, 0.5) is 0 Å². The van der Waals surface area contributed by atoms with Crippen LogP contribution in [0.15, 0.2) is 10.8 Å². The second-order valence-corrected chi connectivity index (χ2v) is 3.02. The predicted octanol–water partition coefficient (Wildman–Crippen LogP) is 1.05. The summed E-state index contributed by atoms with van der Waals surface area (Å²) in [5, 5.41) is 0. The molecule has 1 aromatic heterocycles. The standard InChI is InChI=1S/C7H10BrN3/c1-5-10-4-6(2-3-9)7(8)11-5/h4H,2-3,9H2,1H3. The second kappa shape index (κ2) is 3.78. The molecule has 3 nitrogen and oxygen atoms in total. The van der Waals surface area contributed by atoms with E-state index in [-0.39, 0.29) is 0 Å². The van der Waals surface area contributed by atoms with Gasteiger partial charge in [-0.15, -0.1) is 0 Å². The summed E-state index contributed by atoms with van der Waals surface area (Å²) >= 11 is 3.34. The molecule has 0 aromatic carbocycles. The van der Waals surface area contributed by atoms with Crippen LogP contribution in [0.1, 0.15) is 11.4 Å². The van der Waals surface area contributed by atoms with Gasteiger partial charge in [0.2, 0.25) is 0 Å². The van der Waals surface area contributed by atoms with Crippen LogP contribution in [0.3, 0.4) is 0 Å². The minimum atomic E-state index is 0.630. The quantitative estimate of drug-likeness (QED) is 0.751. The molecular formula is C7H10BrN3. The summed E-state index contributed by atoms with van der Waals surface area (Å²) in [5.41, 5.74) is 6.46. The summed E-state index contributed by atoms with van der Waals surface area (Å²) in [6.07, 6.45) is 2.63. The van der Waals surface area contributed by atoms with Crippen LogP contribution >= 0.6 is 15.9 Å². The second-order valence-electron chi connectivity index (χ2n) is 2.27. The Morgan fingerprint density at radius 3 is 2.91 bits per heavy atom. The van der Waals surface area contributed by atoms with Crippen molar-refractivity contribution in [3.63, 3.8) is 0 Å². The lowest BCUT2D eigenvalue weighted by molar-refractivity contribution is 0.910. The fraction of sp³-hybridized carbons (Fsp3) is 0.429. The van der Waals surface area contributed by atoms with E-state index in [4.69, 9.17) is 5.73 Å². The molecule has 60 valence electrons. The number of hydrogen-bond donors (Lipinski definition) is 1. The van der Waals surface area contributed by atoms with Crippen molar-refractivity contribution in [1.29, 1.82) is 0 Å². The third-order valence-corrected chi connectivity index (χ3v) is 2.03. The van der Waals surface area contributed by atoms with Gasteiger partial charge in [-0.2, -0.15) is 0 Å². The summed E-state index contributed by atoms with van der Waals surface area (Å²) in [7, 11) is 0. The van der Waals surface area contributed by atoms with Gasteiger partial charge in [-0.25, -0.2) is 9.97 Å². The number of nitrogens with two attached hydrogens (primary N) is 1. The first-order valence-corrected chi connectivity index (χ1v) is 4.21. The van der Waals surface area contributed by atoms with Gasteiger partial charge in [0, 0.05) is 11.8 Å². The van der Waals surface area contributed by atoms with Gasteiger partial charge in [0.25, 0.3) is 0 Å². The van der Waals surface area contributed by atoms with Crippen LogP contribution in [0.2, 0.25) is 0 Å². The first kappa shape index (κ1) is 8.62. The Hall–Kier alpha value is -0.480. The number of rotatable bonds is 2. The molecule has 0 bridgehead atoms. The fourth-order valence-electron chi connectivity index (χ4n) is 0.791. The zero-order valence-corrected chi connectivity index (χ0v) is 7.93. The van der Waals surface area contributed by atoms with Gasteiger partial charge in [0.1, 0.15) is 10.4 Å². The number of hydrogen-bond acceptors (Lipinski definition) is 3. The minimum absolute atomic E-state index is 0.630. The van der Waals surface area contributed by atoms with Crippen molar-refractivity contribution in [3.05, 3.63) is 22.2 Å². The Balaban J connectivity index is 2.90. The molecule has 0 aliphatic carbocycles. The van der Waals surface area contributed by atoms with Crippen molar-refractivity contribution in [2.24, 2.45) is 5.73 Å². The highest BCUT2D eigenvalue weighted by molar-refractivity contribution is 9.10. The van der Waals surface area contributed by atoms with E-state index in [0.29, 0.717) is 6.54 Å². The third kappa shape index (κ3) is 2.24. The lowest BCUT2D eigenvalue weighted by atomic mass is 10.2. The number of aromatic nitrogens is 2. The molecule has 11 heavy (non-hydrogen) atoms. The minimum Gasteiger partial charge on any atom is -0.330 e. The van der Waals surface area contributed by atoms with Crippen molar-refractivity contribution in [2.75, 3.05) is 6.54 Å². The molecule has 0 saturated carbocycles. The van der Waals surface area contributed by atoms with Crippen molar-refractivity contribution in [2.45, 2.75) is 13.3 Å². The van der Waals surface area contributed by atoms with E-state index in [1.165, 1.54) is 0 Å². The van der Waals surface area contributed by atoms with E-state index < -0.39 is 0 Å². The summed E-state index contributed by atoms with van der Waals surface area (Å²) in [5.74, 6) is 0.776. The molecule has 4 heteroatoms. The summed E-state index contributed by atoms with van der Waals surface area (Å²) in [6, 6.07) is 0. The maximum absolute atomic E-state index is 5.39. The van der Waals surface area contributed by atoms with E-state index in [9.17, 15) is 0 Å². The zero-order valence-electron chi connectivity index (χ0n) is 6.34. The van der Waals surface area contributed by atoms with E-state index in [1.807, 2.05) is 6.92 Å². The molecule has 1 aromatic rings. The molecule has 1 heterocycles. The monoisotopic (exact) mass is 215 g/mol. The molecule has 0 radical (unpaired) electrons. The van der Waals surface area contributed by atoms with Crippen molar-refractivity contribution in [3.8, 4) is 0 Å². The maximum Gasteiger partial charge on any atom is 0.126 e. The van der Waals surface area contributed by atoms with E-state index in [0.717, 1.165) is 22.4 Å². The molecule has 0 aliphatic rings. The van der Waals surface area contributed by atoms with Crippen molar-refractivity contribution in [1.82, 2.24) is 9.97 Å². The molecule has 2 N–H and O–H groups in total. The highest BCUT2D eigenvalue weighted by Gasteiger charge is 1.99. The Labute approximate surface area is 74.2 Å². The average Bonchev–Trinajstić information content (AvgIpc) is 1.95. The fourth-order valence-corrected chi connectivity index (χ4v) is 1.35. The van der Waals surface area contributed by atoms with Gasteiger partial charge in [-0.05, 0) is 35.8 Å². The first-order valence-electron chi connectivity index (χ1n) is 3.42. The molecule has 1 rings (SSSR count). The van der Waals surface area contributed by atoms with Crippen LogP contribution in [-0.4, -0.2) is 16.5 Å².